The quantitative estimate of drug-likeness (QED) is 0.593. The highest BCUT2D eigenvalue weighted by atomic mass is 32.2. The molecule has 0 unspecified atom stereocenters. The number of rotatable bonds is 5. The average molecular weight is 254 g/mol. The van der Waals surface area contributed by atoms with Crippen LogP contribution in [0.15, 0.2) is 34.2 Å². The summed E-state index contributed by atoms with van der Waals surface area (Å²) in [5.41, 5.74) is 0.387. The number of sulfonamides is 1. The molecule has 1 rings (SSSR count). The van der Waals surface area contributed by atoms with Gasteiger partial charge in [-0.2, -0.15) is 9.30 Å². The number of carbonyl (C=O) groups excluding carboxylic acids is 1. The lowest BCUT2D eigenvalue weighted by atomic mass is 10.3. The number of hydrogen-bond acceptors (Lipinski definition) is 4. The minimum atomic E-state index is -3.44. The lowest BCUT2D eigenvalue weighted by molar-refractivity contribution is 0.445. The molecule has 0 fully saturated rings. The van der Waals surface area contributed by atoms with E-state index in [2.05, 4.69) is 4.99 Å². The van der Waals surface area contributed by atoms with Gasteiger partial charge in [0, 0.05) is 13.1 Å². The topological polar surface area (TPSA) is 66.8 Å². The van der Waals surface area contributed by atoms with Gasteiger partial charge in [-0.1, -0.05) is 13.8 Å². The van der Waals surface area contributed by atoms with Crippen molar-refractivity contribution in [2.24, 2.45) is 4.99 Å². The maximum absolute atomic E-state index is 12.1. The average Bonchev–Trinajstić information content (AvgIpc) is 2.31. The Labute approximate surface area is 101 Å². The van der Waals surface area contributed by atoms with Crippen LogP contribution in [-0.2, 0) is 14.8 Å². The van der Waals surface area contributed by atoms with Crippen LogP contribution in [0.3, 0.4) is 0 Å². The summed E-state index contributed by atoms with van der Waals surface area (Å²) in [5, 5.41) is 0. The summed E-state index contributed by atoms with van der Waals surface area (Å²) in [6, 6.07) is 5.82. The van der Waals surface area contributed by atoms with Gasteiger partial charge >= 0.3 is 0 Å². The molecular weight excluding hydrogens is 240 g/mol. The minimum absolute atomic E-state index is 0.200. The maximum Gasteiger partial charge on any atom is 0.243 e. The predicted octanol–water partition coefficient (Wildman–Crippen LogP) is 1.68. The number of benzene rings is 1. The fourth-order valence-electron chi connectivity index (χ4n) is 1.46. The van der Waals surface area contributed by atoms with Gasteiger partial charge < -0.3 is 0 Å². The van der Waals surface area contributed by atoms with Crippen molar-refractivity contribution in [1.29, 1.82) is 0 Å². The molecule has 0 aromatic heterocycles. The van der Waals surface area contributed by atoms with E-state index < -0.39 is 10.0 Å². The van der Waals surface area contributed by atoms with E-state index in [9.17, 15) is 13.2 Å². The van der Waals surface area contributed by atoms with Gasteiger partial charge in [-0.05, 0) is 24.3 Å². The van der Waals surface area contributed by atoms with Crippen molar-refractivity contribution < 1.29 is 13.2 Å². The highest BCUT2D eigenvalue weighted by molar-refractivity contribution is 7.89. The monoisotopic (exact) mass is 254 g/mol. The molecule has 0 saturated carbocycles. The fourth-order valence-corrected chi connectivity index (χ4v) is 2.92. The Balaban J connectivity index is 3.12. The number of hydrogen-bond donors (Lipinski definition) is 0. The van der Waals surface area contributed by atoms with Gasteiger partial charge in [0.05, 0.1) is 10.6 Å². The molecule has 0 spiro atoms. The molecule has 0 heterocycles. The zero-order valence-electron chi connectivity index (χ0n) is 9.75. The van der Waals surface area contributed by atoms with Crippen LogP contribution in [0.2, 0.25) is 0 Å². The zero-order valence-corrected chi connectivity index (χ0v) is 10.6. The van der Waals surface area contributed by atoms with Gasteiger partial charge in [0.1, 0.15) is 0 Å². The Morgan fingerprint density at radius 1 is 1.18 bits per heavy atom. The predicted molar refractivity (Wildman–Crippen MR) is 64.3 cm³/mol. The third-order valence-corrected chi connectivity index (χ3v) is 4.42. The smallest absolute Gasteiger partial charge is 0.211 e. The standard InChI is InChI=1S/C11H14N2O3S/c1-3-13(4-2)17(15,16)11-7-5-10(6-8-11)12-9-14/h5-8H,3-4H2,1-2H3. The molecule has 0 radical (unpaired) electrons. The molecule has 0 atom stereocenters. The van der Waals surface area contributed by atoms with Crippen molar-refractivity contribution in [2.45, 2.75) is 18.7 Å². The van der Waals surface area contributed by atoms with E-state index in [-0.39, 0.29) is 4.90 Å². The summed E-state index contributed by atoms with van der Waals surface area (Å²) in [5.74, 6) is 0. The summed E-state index contributed by atoms with van der Waals surface area (Å²) >= 11 is 0. The van der Waals surface area contributed by atoms with E-state index in [0.29, 0.717) is 18.8 Å². The molecule has 1 aromatic rings. The largest absolute Gasteiger partial charge is 0.243 e. The summed E-state index contributed by atoms with van der Waals surface area (Å²) in [4.78, 5) is 13.6. The molecule has 5 nitrogen and oxygen atoms in total. The normalized spacial score (nSPS) is 11.2. The van der Waals surface area contributed by atoms with Crippen LogP contribution in [0, 0.1) is 0 Å². The zero-order chi connectivity index (χ0) is 12.9. The van der Waals surface area contributed by atoms with E-state index in [1.165, 1.54) is 34.7 Å². The summed E-state index contributed by atoms with van der Waals surface area (Å²) < 4.78 is 25.5. The van der Waals surface area contributed by atoms with Crippen molar-refractivity contribution in [1.82, 2.24) is 4.31 Å². The molecule has 17 heavy (non-hydrogen) atoms. The number of isocyanates is 1. The van der Waals surface area contributed by atoms with Crippen molar-refractivity contribution in [3.05, 3.63) is 24.3 Å². The first-order valence-corrected chi connectivity index (χ1v) is 6.68. The van der Waals surface area contributed by atoms with Gasteiger partial charge in [-0.3, -0.25) is 0 Å². The van der Waals surface area contributed by atoms with Gasteiger partial charge in [0.2, 0.25) is 16.1 Å². The highest BCUT2D eigenvalue weighted by Crippen LogP contribution is 2.19. The summed E-state index contributed by atoms with van der Waals surface area (Å²) in [7, 11) is -3.44. The lowest BCUT2D eigenvalue weighted by Gasteiger charge is -2.18. The van der Waals surface area contributed by atoms with E-state index >= 15 is 0 Å². The minimum Gasteiger partial charge on any atom is -0.211 e. The number of nitrogens with zero attached hydrogens (tertiary/aromatic N) is 2. The maximum atomic E-state index is 12.1. The third-order valence-electron chi connectivity index (χ3n) is 2.35. The van der Waals surface area contributed by atoms with Gasteiger partial charge in [0.25, 0.3) is 0 Å². The molecule has 0 aliphatic rings. The lowest BCUT2D eigenvalue weighted by Crippen LogP contribution is -2.30. The first kappa shape index (κ1) is 13.6. The van der Waals surface area contributed by atoms with E-state index in [1.807, 2.05) is 0 Å². The summed E-state index contributed by atoms with van der Waals surface area (Å²) in [6.07, 6.45) is 1.40. The molecule has 92 valence electrons. The van der Waals surface area contributed by atoms with Crippen molar-refractivity contribution in [2.75, 3.05) is 13.1 Å². The van der Waals surface area contributed by atoms with Crippen LogP contribution in [-0.4, -0.2) is 31.9 Å². The molecule has 0 saturated heterocycles. The van der Waals surface area contributed by atoms with E-state index in [0.717, 1.165) is 0 Å². The molecule has 0 N–H and O–H groups in total. The Morgan fingerprint density at radius 2 is 1.71 bits per heavy atom. The Morgan fingerprint density at radius 3 is 2.12 bits per heavy atom. The van der Waals surface area contributed by atoms with Crippen molar-refractivity contribution in [3.8, 4) is 0 Å². The second kappa shape index (κ2) is 5.72. The molecular formula is C11H14N2O3S. The van der Waals surface area contributed by atoms with Crippen LogP contribution in [0.1, 0.15) is 13.8 Å². The molecule has 0 amide bonds. The van der Waals surface area contributed by atoms with Gasteiger partial charge in [-0.25, -0.2) is 13.2 Å². The second-order valence-corrected chi connectivity index (χ2v) is 5.22. The molecule has 1 aromatic carbocycles. The van der Waals surface area contributed by atoms with Crippen molar-refractivity contribution in [3.63, 3.8) is 0 Å². The first-order chi connectivity index (χ1) is 8.06. The van der Waals surface area contributed by atoms with Crippen LogP contribution in [0.25, 0.3) is 0 Å². The SMILES string of the molecule is CCN(CC)S(=O)(=O)c1ccc(N=C=O)cc1. The Bertz CT molecular complexity index is 512. The molecule has 6 heteroatoms. The van der Waals surface area contributed by atoms with Crippen LogP contribution in [0.5, 0.6) is 0 Å². The van der Waals surface area contributed by atoms with Gasteiger partial charge in [0.15, 0.2) is 0 Å². The van der Waals surface area contributed by atoms with E-state index in [4.69, 9.17) is 0 Å². The molecule has 0 bridgehead atoms. The Kier molecular flexibility index (Phi) is 4.57. The molecule has 0 aliphatic heterocycles. The van der Waals surface area contributed by atoms with Crippen molar-refractivity contribution >= 4 is 21.8 Å². The van der Waals surface area contributed by atoms with Crippen LogP contribution >= 0.6 is 0 Å². The second-order valence-electron chi connectivity index (χ2n) is 3.29. The third kappa shape index (κ3) is 3.00. The summed E-state index contributed by atoms with van der Waals surface area (Å²) in [6.45, 7) is 4.42. The molecule has 0 aliphatic carbocycles. The highest BCUT2D eigenvalue weighted by Gasteiger charge is 2.20. The van der Waals surface area contributed by atoms with Gasteiger partial charge in [-0.15, -0.1) is 0 Å². The fraction of sp³-hybridized carbons (Fsp3) is 0.364. The van der Waals surface area contributed by atoms with E-state index in [1.54, 1.807) is 13.8 Å². The first-order valence-electron chi connectivity index (χ1n) is 5.24. The van der Waals surface area contributed by atoms with Crippen LogP contribution < -0.4 is 0 Å². The number of aliphatic imine (C=N–C) groups is 1. The Hall–Kier alpha value is -1.49. The van der Waals surface area contributed by atoms with Crippen LogP contribution in [0.4, 0.5) is 5.69 Å².